The van der Waals surface area contributed by atoms with Crippen LogP contribution in [0.5, 0.6) is 0 Å². The fourth-order valence-electron chi connectivity index (χ4n) is 3.03. The summed E-state index contributed by atoms with van der Waals surface area (Å²) in [6.07, 6.45) is -2.50. The Labute approximate surface area is 154 Å². The van der Waals surface area contributed by atoms with Crippen LogP contribution in [0, 0.1) is 18.7 Å². The van der Waals surface area contributed by atoms with Crippen molar-refractivity contribution in [3.05, 3.63) is 53.5 Å². The summed E-state index contributed by atoms with van der Waals surface area (Å²) in [7, 11) is 0. The molecule has 0 saturated carbocycles. The number of aromatic nitrogens is 1. The first-order chi connectivity index (χ1) is 12.7. The molecule has 4 nitrogen and oxygen atoms in total. The molecule has 0 bridgehead atoms. The van der Waals surface area contributed by atoms with Crippen molar-refractivity contribution >= 4 is 17.4 Å². The number of aryl methyl sites for hydroxylation is 1. The molecule has 1 aliphatic rings. The number of alkyl halides is 3. The van der Waals surface area contributed by atoms with Gasteiger partial charge in [0.05, 0.1) is 5.56 Å². The van der Waals surface area contributed by atoms with Gasteiger partial charge in [0.2, 0.25) is 5.91 Å². The summed E-state index contributed by atoms with van der Waals surface area (Å²) in [5.74, 6) is -0.336. The van der Waals surface area contributed by atoms with Crippen molar-refractivity contribution in [1.82, 2.24) is 4.98 Å². The molecule has 2 aromatic rings. The fourth-order valence-corrected chi connectivity index (χ4v) is 3.03. The molecule has 144 valence electrons. The van der Waals surface area contributed by atoms with Crippen LogP contribution in [-0.4, -0.2) is 24.0 Å². The number of benzene rings is 1. The van der Waals surface area contributed by atoms with E-state index in [1.54, 1.807) is 19.1 Å². The van der Waals surface area contributed by atoms with E-state index in [0.717, 1.165) is 12.3 Å². The predicted molar refractivity (Wildman–Crippen MR) is 93.9 cm³/mol. The molecule has 2 heterocycles. The van der Waals surface area contributed by atoms with Crippen LogP contribution >= 0.6 is 0 Å². The van der Waals surface area contributed by atoms with Crippen molar-refractivity contribution in [2.75, 3.05) is 23.3 Å². The van der Waals surface area contributed by atoms with Crippen LogP contribution in [0.4, 0.5) is 29.1 Å². The van der Waals surface area contributed by atoms with Gasteiger partial charge in [0.15, 0.2) is 0 Å². The molecule has 0 unspecified atom stereocenters. The Morgan fingerprint density at radius 1 is 1.19 bits per heavy atom. The molecule has 3 rings (SSSR count). The quantitative estimate of drug-likeness (QED) is 0.802. The molecule has 0 radical (unpaired) electrons. The van der Waals surface area contributed by atoms with Gasteiger partial charge in [0.1, 0.15) is 11.6 Å². The highest BCUT2D eigenvalue weighted by Crippen LogP contribution is 2.30. The maximum Gasteiger partial charge on any atom is 0.417 e. The average Bonchev–Trinajstić information content (AvgIpc) is 2.64. The lowest BCUT2D eigenvalue weighted by Crippen LogP contribution is -2.38. The summed E-state index contributed by atoms with van der Waals surface area (Å²) in [6.45, 7) is 2.67. The second-order valence-electron chi connectivity index (χ2n) is 6.62. The zero-order chi connectivity index (χ0) is 19.6. The third-order valence-electron chi connectivity index (χ3n) is 4.70. The molecule has 1 aliphatic heterocycles. The number of nitrogens with one attached hydrogen (secondary N) is 1. The molecular weight excluding hydrogens is 362 g/mol. The van der Waals surface area contributed by atoms with Crippen LogP contribution in [-0.2, 0) is 11.0 Å². The monoisotopic (exact) mass is 381 g/mol. The number of halogens is 4. The van der Waals surface area contributed by atoms with Crippen LogP contribution in [0.15, 0.2) is 36.5 Å². The van der Waals surface area contributed by atoms with Gasteiger partial charge in [0.25, 0.3) is 0 Å². The van der Waals surface area contributed by atoms with E-state index in [2.05, 4.69) is 10.3 Å². The SMILES string of the molecule is Cc1ccc(NC(=O)C2CCN(c3ccc(C(F)(F)F)cn3)CC2)cc1F. The Balaban J connectivity index is 1.56. The normalized spacial score (nSPS) is 15.7. The van der Waals surface area contributed by atoms with E-state index >= 15 is 0 Å². The molecular formula is C19H19F4N3O. The third-order valence-corrected chi connectivity index (χ3v) is 4.70. The zero-order valence-corrected chi connectivity index (χ0v) is 14.7. The van der Waals surface area contributed by atoms with E-state index in [-0.39, 0.29) is 17.6 Å². The van der Waals surface area contributed by atoms with Gasteiger partial charge >= 0.3 is 6.18 Å². The number of rotatable bonds is 3. The van der Waals surface area contributed by atoms with E-state index in [1.165, 1.54) is 12.1 Å². The number of hydrogen-bond donors (Lipinski definition) is 1. The molecule has 1 aromatic carbocycles. The van der Waals surface area contributed by atoms with E-state index in [0.29, 0.717) is 43.0 Å². The highest BCUT2D eigenvalue weighted by molar-refractivity contribution is 5.92. The van der Waals surface area contributed by atoms with Crippen LogP contribution in [0.1, 0.15) is 24.0 Å². The number of pyridine rings is 1. The highest BCUT2D eigenvalue weighted by Gasteiger charge is 2.31. The Bertz CT molecular complexity index is 813. The smallest absolute Gasteiger partial charge is 0.357 e. The van der Waals surface area contributed by atoms with Crippen molar-refractivity contribution in [2.45, 2.75) is 25.9 Å². The van der Waals surface area contributed by atoms with Gasteiger partial charge in [-0.3, -0.25) is 4.79 Å². The van der Waals surface area contributed by atoms with Crippen LogP contribution in [0.3, 0.4) is 0 Å². The highest BCUT2D eigenvalue weighted by atomic mass is 19.4. The Hall–Kier alpha value is -2.64. The molecule has 1 fully saturated rings. The minimum atomic E-state index is -4.41. The zero-order valence-electron chi connectivity index (χ0n) is 14.7. The predicted octanol–water partition coefficient (Wildman–Crippen LogP) is 4.40. The molecule has 27 heavy (non-hydrogen) atoms. The lowest BCUT2D eigenvalue weighted by atomic mass is 9.95. The van der Waals surface area contributed by atoms with E-state index in [9.17, 15) is 22.4 Å². The van der Waals surface area contributed by atoms with Crippen molar-refractivity contribution in [1.29, 1.82) is 0 Å². The number of carbonyl (C=O) groups excluding carboxylic acids is 1. The molecule has 1 saturated heterocycles. The minimum absolute atomic E-state index is 0.182. The second kappa shape index (κ2) is 7.54. The van der Waals surface area contributed by atoms with Crippen molar-refractivity contribution in [2.24, 2.45) is 5.92 Å². The van der Waals surface area contributed by atoms with E-state index in [4.69, 9.17) is 0 Å². The first-order valence-corrected chi connectivity index (χ1v) is 8.59. The Morgan fingerprint density at radius 3 is 2.44 bits per heavy atom. The molecule has 1 N–H and O–H groups in total. The molecule has 8 heteroatoms. The van der Waals surface area contributed by atoms with Gasteiger partial charge in [-0.2, -0.15) is 13.2 Å². The van der Waals surface area contributed by atoms with Gasteiger partial charge in [0, 0.05) is 30.9 Å². The summed E-state index contributed by atoms with van der Waals surface area (Å²) in [4.78, 5) is 18.1. The largest absolute Gasteiger partial charge is 0.417 e. The Kier molecular flexibility index (Phi) is 5.34. The topological polar surface area (TPSA) is 45.2 Å². The average molecular weight is 381 g/mol. The lowest BCUT2D eigenvalue weighted by molar-refractivity contribution is -0.137. The van der Waals surface area contributed by atoms with Gasteiger partial charge < -0.3 is 10.2 Å². The minimum Gasteiger partial charge on any atom is -0.357 e. The summed E-state index contributed by atoms with van der Waals surface area (Å²) >= 11 is 0. The first-order valence-electron chi connectivity index (χ1n) is 8.59. The number of amides is 1. The van der Waals surface area contributed by atoms with Gasteiger partial charge in [-0.25, -0.2) is 9.37 Å². The summed E-state index contributed by atoms with van der Waals surface area (Å²) in [5.41, 5.74) is 0.131. The molecule has 0 aliphatic carbocycles. The van der Waals surface area contributed by atoms with Crippen molar-refractivity contribution < 1.29 is 22.4 Å². The third kappa shape index (κ3) is 4.56. The number of piperidine rings is 1. The van der Waals surface area contributed by atoms with E-state index < -0.39 is 11.7 Å². The molecule has 0 atom stereocenters. The first kappa shape index (κ1) is 19.1. The summed E-state index contributed by atoms with van der Waals surface area (Å²) < 4.78 is 51.4. The number of hydrogen-bond acceptors (Lipinski definition) is 3. The number of anilines is 2. The summed E-state index contributed by atoms with van der Waals surface area (Å²) in [6, 6.07) is 6.89. The van der Waals surface area contributed by atoms with Crippen LogP contribution < -0.4 is 10.2 Å². The second-order valence-corrected chi connectivity index (χ2v) is 6.62. The molecule has 0 spiro atoms. The van der Waals surface area contributed by atoms with Gasteiger partial charge in [-0.05, 0) is 49.6 Å². The van der Waals surface area contributed by atoms with Gasteiger partial charge in [-0.15, -0.1) is 0 Å². The van der Waals surface area contributed by atoms with Gasteiger partial charge in [-0.1, -0.05) is 6.07 Å². The van der Waals surface area contributed by atoms with Crippen LogP contribution in [0.25, 0.3) is 0 Å². The lowest BCUT2D eigenvalue weighted by Gasteiger charge is -2.32. The van der Waals surface area contributed by atoms with Crippen LogP contribution in [0.2, 0.25) is 0 Å². The Morgan fingerprint density at radius 2 is 1.89 bits per heavy atom. The number of carbonyl (C=O) groups is 1. The summed E-state index contributed by atoms with van der Waals surface area (Å²) in [5, 5.41) is 2.72. The maximum absolute atomic E-state index is 13.6. The maximum atomic E-state index is 13.6. The molecule has 1 amide bonds. The fraction of sp³-hybridized carbons (Fsp3) is 0.368. The number of nitrogens with zero attached hydrogens (tertiary/aromatic N) is 2. The standard InChI is InChI=1S/C19H19F4N3O/c1-12-2-4-15(10-16(12)20)25-18(27)13-6-8-26(9-7-13)17-5-3-14(11-24-17)19(21,22)23/h2-5,10-11,13H,6-9H2,1H3,(H,25,27). The van der Waals surface area contributed by atoms with Crippen molar-refractivity contribution in [3.63, 3.8) is 0 Å². The molecule has 1 aromatic heterocycles. The van der Waals surface area contributed by atoms with E-state index in [1.807, 2.05) is 4.90 Å². The van der Waals surface area contributed by atoms with Crippen molar-refractivity contribution in [3.8, 4) is 0 Å².